The number of allylic oxidation sites excluding steroid dienone is 12. The van der Waals surface area contributed by atoms with Gasteiger partial charge in [0.2, 0.25) is 0 Å². The number of para-hydroxylation sites is 1. The van der Waals surface area contributed by atoms with Crippen LogP contribution >= 0.6 is 0 Å². The van der Waals surface area contributed by atoms with Crippen LogP contribution in [0.5, 0.6) is 5.75 Å². The van der Waals surface area contributed by atoms with Crippen molar-refractivity contribution < 1.29 is 4.74 Å². The second kappa shape index (κ2) is 20.2. The molecule has 0 heterocycles. The van der Waals surface area contributed by atoms with Gasteiger partial charge in [-0.2, -0.15) is 0 Å². The molecular formula is C37H57NO. The molecule has 0 saturated heterocycles. The van der Waals surface area contributed by atoms with Crippen molar-refractivity contribution in [3.05, 3.63) is 93.7 Å². The van der Waals surface area contributed by atoms with Crippen LogP contribution in [-0.2, 0) is 6.42 Å². The van der Waals surface area contributed by atoms with E-state index in [9.17, 15) is 0 Å². The molecule has 1 aromatic carbocycles. The maximum atomic E-state index is 6.20. The fourth-order valence-electron chi connectivity index (χ4n) is 4.51. The van der Waals surface area contributed by atoms with Gasteiger partial charge in [-0.05, 0) is 131 Å². The minimum Gasteiger partial charge on any atom is -0.495 e. The molecule has 0 aliphatic carbocycles. The first-order chi connectivity index (χ1) is 18.6. The van der Waals surface area contributed by atoms with E-state index in [1.807, 2.05) is 12.1 Å². The molecule has 0 amide bonds. The summed E-state index contributed by atoms with van der Waals surface area (Å²) in [4.78, 5) is 0. The van der Waals surface area contributed by atoms with Crippen molar-refractivity contribution in [2.45, 2.75) is 119 Å². The molecule has 0 bridgehead atoms. The van der Waals surface area contributed by atoms with E-state index in [4.69, 9.17) is 10.5 Å². The lowest BCUT2D eigenvalue weighted by Gasteiger charge is -2.08. The van der Waals surface area contributed by atoms with E-state index >= 15 is 0 Å². The highest BCUT2D eigenvalue weighted by atomic mass is 16.5. The maximum absolute atomic E-state index is 6.20. The minimum absolute atomic E-state index is 0.749. The van der Waals surface area contributed by atoms with Gasteiger partial charge in [0.1, 0.15) is 5.75 Å². The summed E-state index contributed by atoms with van der Waals surface area (Å²) in [5.74, 6) is 0.757. The number of benzene rings is 1. The highest BCUT2D eigenvalue weighted by Gasteiger charge is 2.03. The largest absolute Gasteiger partial charge is 0.495 e. The van der Waals surface area contributed by atoms with Crippen LogP contribution in [0.4, 0.5) is 5.69 Å². The Balaban J connectivity index is 2.30. The van der Waals surface area contributed by atoms with Crippen LogP contribution in [0, 0.1) is 0 Å². The van der Waals surface area contributed by atoms with Crippen LogP contribution in [-0.4, -0.2) is 7.11 Å². The summed E-state index contributed by atoms with van der Waals surface area (Å²) < 4.78 is 5.33. The molecule has 0 fully saturated rings. The zero-order valence-corrected chi connectivity index (χ0v) is 26.5. The van der Waals surface area contributed by atoms with Gasteiger partial charge < -0.3 is 10.5 Å². The van der Waals surface area contributed by atoms with E-state index < -0.39 is 0 Å². The summed E-state index contributed by atoms with van der Waals surface area (Å²) in [5, 5.41) is 0. The van der Waals surface area contributed by atoms with Crippen molar-refractivity contribution in [2.24, 2.45) is 0 Å². The van der Waals surface area contributed by atoms with Crippen molar-refractivity contribution in [1.29, 1.82) is 0 Å². The van der Waals surface area contributed by atoms with E-state index in [0.29, 0.717) is 0 Å². The van der Waals surface area contributed by atoms with E-state index in [1.165, 1.54) is 59.1 Å². The number of methoxy groups -OCH3 is 1. The molecule has 1 rings (SSSR count). The molecular weight excluding hydrogens is 474 g/mol. The monoisotopic (exact) mass is 531 g/mol. The Hall–Kier alpha value is -2.74. The standard InChI is InChI=1S/C37H57NO/c1-29(2)15-9-16-30(3)17-10-18-31(4)19-11-20-32(5)21-12-22-33(6)23-13-24-34(7)27-28-35-25-14-26-36(39-8)37(35)38/h14-15,17,19,21,23,25-27H,9-13,16,18,20,22,24,28,38H2,1-8H3/b30-17+,31-19+,32-21+,33-23+,34-27+. The molecule has 216 valence electrons. The van der Waals surface area contributed by atoms with Gasteiger partial charge in [0.15, 0.2) is 0 Å². The number of nitrogens with two attached hydrogens (primary N) is 1. The van der Waals surface area contributed by atoms with Gasteiger partial charge in [-0.3, -0.25) is 0 Å². The van der Waals surface area contributed by atoms with Crippen LogP contribution in [0.1, 0.15) is 118 Å². The number of anilines is 1. The lowest BCUT2D eigenvalue weighted by atomic mass is 10.0. The third kappa shape index (κ3) is 16.7. The predicted octanol–water partition coefficient (Wildman–Crippen LogP) is 11.4. The first-order valence-electron chi connectivity index (χ1n) is 14.9. The number of hydrogen-bond acceptors (Lipinski definition) is 2. The molecule has 2 nitrogen and oxygen atoms in total. The van der Waals surface area contributed by atoms with Crippen molar-refractivity contribution in [3.8, 4) is 5.75 Å². The minimum atomic E-state index is 0.749. The molecule has 0 spiro atoms. The lowest BCUT2D eigenvalue weighted by molar-refractivity contribution is 0.416. The van der Waals surface area contributed by atoms with E-state index in [2.05, 4.69) is 91.0 Å². The van der Waals surface area contributed by atoms with Crippen LogP contribution in [0.15, 0.2) is 88.1 Å². The molecule has 0 unspecified atom stereocenters. The molecule has 0 aliphatic heterocycles. The summed E-state index contributed by atoms with van der Waals surface area (Å²) in [6.45, 7) is 15.7. The normalized spacial score (nSPS) is 13.6. The first-order valence-corrected chi connectivity index (χ1v) is 14.9. The van der Waals surface area contributed by atoms with Crippen LogP contribution < -0.4 is 10.5 Å². The molecule has 2 heteroatoms. The van der Waals surface area contributed by atoms with Crippen molar-refractivity contribution in [3.63, 3.8) is 0 Å². The zero-order chi connectivity index (χ0) is 29.0. The topological polar surface area (TPSA) is 35.2 Å². The van der Waals surface area contributed by atoms with Crippen LogP contribution in [0.3, 0.4) is 0 Å². The summed E-state index contributed by atoms with van der Waals surface area (Å²) >= 11 is 0. The molecule has 0 radical (unpaired) electrons. The maximum Gasteiger partial charge on any atom is 0.142 e. The Kier molecular flexibility index (Phi) is 17.8. The van der Waals surface area contributed by atoms with E-state index in [1.54, 1.807) is 7.11 Å². The Bertz CT molecular complexity index is 1040. The summed E-state index contributed by atoms with van der Waals surface area (Å²) in [5.41, 5.74) is 16.9. The van der Waals surface area contributed by atoms with Gasteiger partial charge >= 0.3 is 0 Å². The number of nitrogen functional groups attached to an aromatic ring is 1. The molecule has 1 aromatic rings. The molecule has 0 saturated carbocycles. The number of hydrogen-bond donors (Lipinski definition) is 1. The van der Waals surface area contributed by atoms with Gasteiger partial charge in [-0.1, -0.05) is 82.0 Å². The van der Waals surface area contributed by atoms with Crippen LogP contribution in [0.25, 0.3) is 0 Å². The Labute approximate surface area is 241 Å². The Morgan fingerprint density at radius 3 is 1.36 bits per heavy atom. The summed E-state index contributed by atoms with van der Waals surface area (Å²) in [7, 11) is 1.66. The third-order valence-corrected chi connectivity index (χ3v) is 7.26. The average Bonchev–Trinajstić information content (AvgIpc) is 2.88. The first kappa shape index (κ1) is 34.3. The quantitative estimate of drug-likeness (QED) is 0.151. The third-order valence-electron chi connectivity index (χ3n) is 7.26. The number of ether oxygens (including phenoxy) is 1. The summed E-state index contributed by atoms with van der Waals surface area (Å²) in [6.07, 6.45) is 26.7. The lowest BCUT2D eigenvalue weighted by Crippen LogP contribution is -1.97. The van der Waals surface area contributed by atoms with Gasteiger partial charge in [0.05, 0.1) is 12.8 Å². The second-order valence-corrected chi connectivity index (χ2v) is 11.5. The Morgan fingerprint density at radius 2 is 0.974 bits per heavy atom. The molecule has 39 heavy (non-hydrogen) atoms. The molecule has 0 aromatic heterocycles. The smallest absolute Gasteiger partial charge is 0.142 e. The van der Waals surface area contributed by atoms with Gasteiger partial charge in [-0.25, -0.2) is 0 Å². The van der Waals surface area contributed by atoms with Crippen molar-refractivity contribution in [2.75, 3.05) is 12.8 Å². The van der Waals surface area contributed by atoms with Gasteiger partial charge in [0.25, 0.3) is 0 Å². The van der Waals surface area contributed by atoms with Crippen molar-refractivity contribution in [1.82, 2.24) is 0 Å². The van der Waals surface area contributed by atoms with Gasteiger partial charge in [-0.15, -0.1) is 0 Å². The average molecular weight is 532 g/mol. The number of rotatable bonds is 18. The molecule has 0 atom stereocenters. The summed E-state index contributed by atoms with van der Waals surface area (Å²) in [6, 6.07) is 5.99. The highest BCUT2D eigenvalue weighted by Crippen LogP contribution is 2.25. The zero-order valence-electron chi connectivity index (χ0n) is 26.5. The fraction of sp³-hybridized carbons (Fsp3) is 0.514. The van der Waals surface area contributed by atoms with E-state index in [-0.39, 0.29) is 0 Å². The van der Waals surface area contributed by atoms with E-state index in [0.717, 1.165) is 61.9 Å². The second-order valence-electron chi connectivity index (χ2n) is 11.5. The SMILES string of the molecule is COc1cccc(C/C=C(\C)CC/C=C(\C)CC/C=C(\C)CC/C=C(\C)CC/C=C(\C)CCC=C(C)C)c1N. The fourth-order valence-corrected chi connectivity index (χ4v) is 4.51. The van der Waals surface area contributed by atoms with Crippen molar-refractivity contribution >= 4 is 5.69 Å². The predicted molar refractivity (Wildman–Crippen MR) is 175 cm³/mol. The van der Waals surface area contributed by atoms with Gasteiger partial charge in [0, 0.05) is 0 Å². The molecule has 0 aliphatic rings. The molecule has 2 N–H and O–H groups in total. The Morgan fingerprint density at radius 1 is 0.590 bits per heavy atom. The van der Waals surface area contributed by atoms with Crippen LogP contribution in [0.2, 0.25) is 0 Å². The highest BCUT2D eigenvalue weighted by molar-refractivity contribution is 5.59.